The molecule has 0 fully saturated rings. The summed E-state index contributed by atoms with van der Waals surface area (Å²) in [5.74, 6) is 0. The van der Waals surface area contributed by atoms with E-state index >= 15 is 0 Å². The number of hydrogen-bond donors (Lipinski definition) is 2. The molecule has 0 heterocycles. The third-order valence-corrected chi connectivity index (χ3v) is 3.46. The third-order valence-electron chi connectivity index (χ3n) is 3.46. The van der Waals surface area contributed by atoms with E-state index in [1.165, 1.54) is 5.39 Å². The Morgan fingerprint density at radius 2 is 1.95 bits per heavy atom. The second-order valence-corrected chi connectivity index (χ2v) is 4.76. The smallest absolute Gasteiger partial charge is 0.0943 e. The van der Waals surface area contributed by atoms with E-state index in [1.54, 1.807) is 0 Å². The molecule has 0 aliphatic heterocycles. The van der Waals surface area contributed by atoms with Gasteiger partial charge in [0.25, 0.3) is 0 Å². The molecular weight excluding hydrogens is 234 g/mol. The van der Waals surface area contributed by atoms with Crippen molar-refractivity contribution < 1.29 is 5.11 Å². The molecule has 0 amide bonds. The molecule has 100 valence electrons. The highest BCUT2D eigenvalue weighted by molar-refractivity contribution is 5.83. The summed E-state index contributed by atoms with van der Waals surface area (Å²) in [6.07, 6.45) is 2.20. The highest BCUT2D eigenvalue weighted by Crippen LogP contribution is 2.23. The standard InChI is InChI=1S/C17H21NO/c1-3-11-18-16(4-2)17(19)15-10-9-13-7-5-6-8-14(13)12-15/h3,5-10,12,16-19H,1,4,11H2,2H3. The van der Waals surface area contributed by atoms with Crippen LogP contribution >= 0.6 is 0 Å². The van der Waals surface area contributed by atoms with E-state index in [-0.39, 0.29) is 6.04 Å². The molecule has 0 saturated carbocycles. The van der Waals surface area contributed by atoms with Crippen molar-refractivity contribution >= 4 is 10.8 Å². The lowest BCUT2D eigenvalue weighted by Gasteiger charge is -2.23. The van der Waals surface area contributed by atoms with E-state index in [9.17, 15) is 5.11 Å². The van der Waals surface area contributed by atoms with Gasteiger partial charge in [0, 0.05) is 12.6 Å². The summed E-state index contributed by atoms with van der Waals surface area (Å²) in [7, 11) is 0. The molecule has 2 nitrogen and oxygen atoms in total. The number of rotatable bonds is 6. The van der Waals surface area contributed by atoms with E-state index in [2.05, 4.69) is 43.1 Å². The molecule has 0 radical (unpaired) electrons. The quantitative estimate of drug-likeness (QED) is 0.775. The predicted molar refractivity (Wildman–Crippen MR) is 81.2 cm³/mol. The fraction of sp³-hybridized carbons (Fsp3) is 0.294. The summed E-state index contributed by atoms with van der Waals surface area (Å²) < 4.78 is 0. The molecule has 2 aromatic rings. The summed E-state index contributed by atoms with van der Waals surface area (Å²) in [5.41, 5.74) is 0.960. The lowest BCUT2D eigenvalue weighted by Crippen LogP contribution is -2.34. The summed E-state index contributed by atoms with van der Waals surface area (Å²) in [6.45, 7) is 6.48. The molecule has 2 N–H and O–H groups in total. The van der Waals surface area contributed by atoms with Crippen molar-refractivity contribution in [2.24, 2.45) is 0 Å². The molecule has 0 spiro atoms. The van der Waals surface area contributed by atoms with Crippen LogP contribution in [-0.2, 0) is 0 Å². The zero-order chi connectivity index (χ0) is 13.7. The topological polar surface area (TPSA) is 32.3 Å². The van der Waals surface area contributed by atoms with Crippen LogP contribution in [-0.4, -0.2) is 17.7 Å². The maximum Gasteiger partial charge on any atom is 0.0943 e. The van der Waals surface area contributed by atoms with Gasteiger partial charge in [0.15, 0.2) is 0 Å². The number of aliphatic hydroxyl groups is 1. The van der Waals surface area contributed by atoms with Crippen LogP contribution in [0.4, 0.5) is 0 Å². The van der Waals surface area contributed by atoms with Crippen LogP contribution < -0.4 is 5.32 Å². The molecule has 0 aliphatic rings. The zero-order valence-electron chi connectivity index (χ0n) is 11.3. The second kappa shape index (κ2) is 6.50. The second-order valence-electron chi connectivity index (χ2n) is 4.76. The zero-order valence-corrected chi connectivity index (χ0v) is 11.3. The fourth-order valence-corrected chi connectivity index (χ4v) is 2.34. The van der Waals surface area contributed by atoms with E-state index in [0.29, 0.717) is 6.54 Å². The summed E-state index contributed by atoms with van der Waals surface area (Å²) in [4.78, 5) is 0. The average Bonchev–Trinajstić information content (AvgIpc) is 2.47. The van der Waals surface area contributed by atoms with Gasteiger partial charge in [0.05, 0.1) is 6.10 Å². The first-order chi connectivity index (χ1) is 9.26. The largest absolute Gasteiger partial charge is 0.387 e. The molecule has 2 aromatic carbocycles. The molecule has 0 saturated heterocycles. The van der Waals surface area contributed by atoms with Crippen molar-refractivity contribution in [3.05, 3.63) is 60.7 Å². The Balaban J connectivity index is 2.24. The van der Waals surface area contributed by atoms with Crippen molar-refractivity contribution in [3.8, 4) is 0 Å². The lowest BCUT2D eigenvalue weighted by molar-refractivity contribution is 0.128. The fourth-order valence-electron chi connectivity index (χ4n) is 2.34. The van der Waals surface area contributed by atoms with Crippen LogP contribution in [0.1, 0.15) is 25.0 Å². The van der Waals surface area contributed by atoms with Gasteiger partial charge in [-0.2, -0.15) is 0 Å². The average molecular weight is 255 g/mol. The van der Waals surface area contributed by atoms with Crippen LogP contribution in [0.3, 0.4) is 0 Å². The van der Waals surface area contributed by atoms with Crippen molar-refractivity contribution in [2.45, 2.75) is 25.5 Å². The first kappa shape index (κ1) is 13.8. The SMILES string of the molecule is C=CCNC(CC)C(O)c1ccc2ccccc2c1. The Morgan fingerprint density at radius 3 is 2.63 bits per heavy atom. The minimum absolute atomic E-state index is 0.0548. The Morgan fingerprint density at radius 1 is 1.21 bits per heavy atom. The van der Waals surface area contributed by atoms with Crippen LogP contribution in [0.25, 0.3) is 10.8 Å². The van der Waals surface area contributed by atoms with Crippen LogP contribution in [0.15, 0.2) is 55.1 Å². The third kappa shape index (κ3) is 3.22. The Bertz CT molecular complexity index is 550. The van der Waals surface area contributed by atoms with Gasteiger partial charge in [-0.05, 0) is 28.8 Å². The molecule has 19 heavy (non-hydrogen) atoms. The molecule has 2 atom stereocenters. The molecule has 2 heteroatoms. The number of aliphatic hydroxyl groups excluding tert-OH is 1. The Hall–Kier alpha value is -1.64. The van der Waals surface area contributed by atoms with Gasteiger partial charge >= 0.3 is 0 Å². The molecule has 2 unspecified atom stereocenters. The maximum atomic E-state index is 10.5. The van der Waals surface area contributed by atoms with E-state index in [1.807, 2.05) is 24.3 Å². The van der Waals surface area contributed by atoms with E-state index in [0.717, 1.165) is 17.4 Å². The lowest BCUT2D eigenvalue weighted by atomic mass is 9.97. The van der Waals surface area contributed by atoms with Crippen molar-refractivity contribution in [1.82, 2.24) is 5.32 Å². The van der Waals surface area contributed by atoms with Crippen molar-refractivity contribution in [2.75, 3.05) is 6.54 Å². The first-order valence-electron chi connectivity index (χ1n) is 6.77. The number of hydrogen-bond acceptors (Lipinski definition) is 2. The summed E-state index contributed by atoms with van der Waals surface area (Å²) in [5, 5.41) is 16.1. The molecule has 0 bridgehead atoms. The number of nitrogens with one attached hydrogen (secondary N) is 1. The minimum Gasteiger partial charge on any atom is -0.387 e. The highest BCUT2D eigenvalue weighted by Gasteiger charge is 2.18. The van der Waals surface area contributed by atoms with Gasteiger partial charge in [0.2, 0.25) is 0 Å². The van der Waals surface area contributed by atoms with Gasteiger partial charge in [-0.25, -0.2) is 0 Å². The van der Waals surface area contributed by atoms with E-state index < -0.39 is 6.10 Å². The highest BCUT2D eigenvalue weighted by atomic mass is 16.3. The summed E-state index contributed by atoms with van der Waals surface area (Å²) >= 11 is 0. The Labute approximate surface area is 114 Å². The van der Waals surface area contributed by atoms with Gasteiger partial charge in [-0.1, -0.05) is 49.4 Å². The number of benzene rings is 2. The van der Waals surface area contributed by atoms with Crippen molar-refractivity contribution in [3.63, 3.8) is 0 Å². The molecule has 0 aromatic heterocycles. The monoisotopic (exact) mass is 255 g/mol. The maximum absolute atomic E-state index is 10.5. The van der Waals surface area contributed by atoms with Gasteiger partial charge in [-0.15, -0.1) is 6.58 Å². The van der Waals surface area contributed by atoms with Crippen LogP contribution in [0.2, 0.25) is 0 Å². The molecule has 2 rings (SSSR count). The predicted octanol–water partition coefficient (Wildman–Crippen LogP) is 3.43. The molecule has 0 aliphatic carbocycles. The summed E-state index contributed by atoms with van der Waals surface area (Å²) in [6, 6.07) is 14.4. The van der Waals surface area contributed by atoms with Gasteiger partial charge in [0.1, 0.15) is 0 Å². The van der Waals surface area contributed by atoms with Gasteiger partial charge in [-0.3, -0.25) is 0 Å². The molecular formula is C17H21NO. The van der Waals surface area contributed by atoms with Crippen molar-refractivity contribution in [1.29, 1.82) is 0 Å². The van der Waals surface area contributed by atoms with Gasteiger partial charge < -0.3 is 10.4 Å². The first-order valence-corrected chi connectivity index (χ1v) is 6.77. The minimum atomic E-state index is -0.491. The normalized spacial score (nSPS) is 14.2. The Kier molecular flexibility index (Phi) is 4.72. The van der Waals surface area contributed by atoms with E-state index in [4.69, 9.17) is 0 Å². The van der Waals surface area contributed by atoms with Crippen LogP contribution in [0, 0.1) is 0 Å². The number of fused-ring (bicyclic) bond motifs is 1. The van der Waals surface area contributed by atoms with Crippen LogP contribution in [0.5, 0.6) is 0 Å².